The van der Waals surface area contributed by atoms with E-state index in [1.54, 1.807) is 4.90 Å². The van der Waals surface area contributed by atoms with Crippen LogP contribution in [0.15, 0.2) is 39.5 Å². The second-order valence-electron chi connectivity index (χ2n) is 7.46. The number of halogens is 3. The molecule has 0 aliphatic carbocycles. The lowest BCUT2D eigenvalue weighted by Gasteiger charge is -2.22. The minimum absolute atomic E-state index is 0.126. The molecule has 2 aromatic carbocycles. The normalized spacial score (nSPS) is 11.3. The van der Waals surface area contributed by atoms with Crippen LogP contribution >= 0.6 is 0 Å². The Morgan fingerprint density at radius 3 is 2.55 bits per heavy atom. The van der Waals surface area contributed by atoms with Gasteiger partial charge in [-0.3, -0.25) is 9.69 Å². The van der Waals surface area contributed by atoms with E-state index in [9.17, 15) is 22.8 Å². The van der Waals surface area contributed by atoms with Crippen molar-refractivity contribution in [3.05, 3.63) is 74.9 Å². The zero-order valence-corrected chi connectivity index (χ0v) is 17.5. The first-order valence-electron chi connectivity index (χ1n) is 9.90. The third-order valence-electron chi connectivity index (χ3n) is 5.13. The molecule has 31 heavy (non-hydrogen) atoms. The SMILES string of the molecule is CCCN(CC(=O)Nc1ccc(F)c(F)c1F)Cc1cc(=O)oc2c(C)c(C)ccc12. The first-order chi connectivity index (χ1) is 14.7. The molecule has 1 amide bonds. The molecule has 0 saturated carbocycles. The lowest BCUT2D eigenvalue weighted by atomic mass is 10.0. The lowest BCUT2D eigenvalue weighted by molar-refractivity contribution is -0.117. The van der Waals surface area contributed by atoms with Gasteiger partial charge >= 0.3 is 5.63 Å². The minimum atomic E-state index is -1.64. The van der Waals surface area contributed by atoms with Gasteiger partial charge in [0.05, 0.1) is 12.2 Å². The summed E-state index contributed by atoms with van der Waals surface area (Å²) in [5.74, 6) is -5.01. The van der Waals surface area contributed by atoms with E-state index in [0.29, 0.717) is 17.7 Å². The number of carbonyl (C=O) groups excluding carboxylic acids is 1. The number of carbonyl (C=O) groups is 1. The Kier molecular flexibility index (Phi) is 6.80. The maximum Gasteiger partial charge on any atom is 0.336 e. The van der Waals surface area contributed by atoms with Gasteiger partial charge in [-0.1, -0.05) is 19.1 Å². The standard InChI is InChI=1S/C23H23F3N2O3/c1-4-9-28(12-19(29)27-18-8-7-17(24)21(25)22(18)26)11-15-10-20(30)31-23-14(3)13(2)5-6-16(15)23/h5-8,10H,4,9,11-12H2,1-3H3,(H,27,29). The van der Waals surface area contributed by atoms with E-state index in [2.05, 4.69) is 5.32 Å². The summed E-state index contributed by atoms with van der Waals surface area (Å²) in [6, 6.07) is 6.92. The first-order valence-corrected chi connectivity index (χ1v) is 9.90. The van der Waals surface area contributed by atoms with Crippen LogP contribution in [0, 0.1) is 31.3 Å². The number of anilines is 1. The molecule has 0 saturated heterocycles. The maximum atomic E-state index is 13.9. The van der Waals surface area contributed by atoms with Crippen molar-refractivity contribution in [1.29, 1.82) is 0 Å². The number of nitrogens with zero attached hydrogens (tertiary/aromatic N) is 1. The number of rotatable bonds is 7. The van der Waals surface area contributed by atoms with E-state index >= 15 is 0 Å². The number of hydrogen-bond donors (Lipinski definition) is 1. The molecule has 1 heterocycles. The van der Waals surface area contributed by atoms with Crippen molar-refractivity contribution in [3.8, 4) is 0 Å². The number of fused-ring (bicyclic) bond motifs is 1. The average molecular weight is 432 g/mol. The van der Waals surface area contributed by atoms with Crippen molar-refractivity contribution < 1.29 is 22.4 Å². The van der Waals surface area contributed by atoms with Crippen LogP contribution in [0.5, 0.6) is 0 Å². The maximum absolute atomic E-state index is 13.9. The first kappa shape index (κ1) is 22.6. The highest BCUT2D eigenvalue weighted by Gasteiger charge is 2.18. The second kappa shape index (κ2) is 9.34. The fourth-order valence-electron chi connectivity index (χ4n) is 3.44. The van der Waals surface area contributed by atoms with Gasteiger partial charge in [0.2, 0.25) is 5.91 Å². The van der Waals surface area contributed by atoms with E-state index in [1.165, 1.54) is 6.07 Å². The van der Waals surface area contributed by atoms with Crippen LogP contribution in [0.25, 0.3) is 11.0 Å². The molecule has 3 rings (SSSR count). The number of benzene rings is 2. The molecule has 5 nitrogen and oxygen atoms in total. The fourth-order valence-corrected chi connectivity index (χ4v) is 3.44. The van der Waals surface area contributed by atoms with Gasteiger partial charge in [0.15, 0.2) is 17.5 Å². The van der Waals surface area contributed by atoms with Gasteiger partial charge in [0.1, 0.15) is 5.58 Å². The fraction of sp³-hybridized carbons (Fsp3) is 0.304. The molecule has 0 aliphatic rings. The number of amides is 1. The molecule has 1 aromatic heterocycles. The Labute approximate surface area is 177 Å². The van der Waals surface area contributed by atoms with Crippen LogP contribution in [0.2, 0.25) is 0 Å². The summed E-state index contributed by atoms with van der Waals surface area (Å²) in [7, 11) is 0. The zero-order valence-electron chi connectivity index (χ0n) is 17.5. The van der Waals surface area contributed by atoms with Crippen molar-refractivity contribution in [3.63, 3.8) is 0 Å². The van der Waals surface area contributed by atoms with Gasteiger partial charge in [-0.2, -0.15) is 0 Å². The number of nitrogens with one attached hydrogen (secondary N) is 1. The highest BCUT2D eigenvalue weighted by molar-refractivity contribution is 5.92. The van der Waals surface area contributed by atoms with Gasteiger partial charge in [-0.25, -0.2) is 18.0 Å². The van der Waals surface area contributed by atoms with Crippen LogP contribution in [0.3, 0.4) is 0 Å². The number of hydrogen-bond acceptors (Lipinski definition) is 4. The molecule has 164 valence electrons. The van der Waals surface area contributed by atoms with E-state index in [1.807, 2.05) is 32.9 Å². The largest absolute Gasteiger partial charge is 0.422 e. The van der Waals surface area contributed by atoms with Crippen LogP contribution < -0.4 is 10.9 Å². The Bertz CT molecular complexity index is 1190. The summed E-state index contributed by atoms with van der Waals surface area (Å²) in [6.07, 6.45) is 0.727. The van der Waals surface area contributed by atoms with Gasteiger partial charge < -0.3 is 9.73 Å². The Balaban J connectivity index is 1.84. The topological polar surface area (TPSA) is 62.6 Å². The third-order valence-corrected chi connectivity index (χ3v) is 5.13. The molecule has 0 aliphatic heterocycles. The van der Waals surface area contributed by atoms with Gasteiger partial charge in [0, 0.05) is 18.0 Å². The predicted octanol–water partition coefficient (Wildman–Crippen LogP) is 4.68. The Morgan fingerprint density at radius 2 is 1.84 bits per heavy atom. The molecule has 3 aromatic rings. The van der Waals surface area contributed by atoms with Crippen LogP contribution in [-0.2, 0) is 11.3 Å². The predicted molar refractivity (Wildman–Crippen MR) is 112 cm³/mol. The average Bonchev–Trinajstić information content (AvgIpc) is 2.71. The summed E-state index contributed by atoms with van der Waals surface area (Å²) in [6.45, 7) is 6.42. The number of aryl methyl sites for hydroxylation is 2. The molecule has 0 atom stereocenters. The molecule has 0 radical (unpaired) electrons. The van der Waals surface area contributed by atoms with Crippen LogP contribution in [0.1, 0.15) is 30.0 Å². The van der Waals surface area contributed by atoms with E-state index in [0.717, 1.165) is 35.1 Å². The summed E-state index contributed by atoms with van der Waals surface area (Å²) in [5, 5.41) is 3.05. The molecular formula is C23H23F3N2O3. The van der Waals surface area contributed by atoms with Gasteiger partial charge in [-0.05, 0) is 55.6 Å². The molecular weight excluding hydrogens is 409 g/mol. The Morgan fingerprint density at radius 1 is 1.10 bits per heavy atom. The van der Waals surface area contributed by atoms with Crippen molar-refractivity contribution in [1.82, 2.24) is 4.90 Å². The van der Waals surface area contributed by atoms with Crippen molar-refractivity contribution in [2.24, 2.45) is 0 Å². The Hall–Kier alpha value is -3.13. The second-order valence-corrected chi connectivity index (χ2v) is 7.46. The molecule has 0 bridgehead atoms. The lowest BCUT2D eigenvalue weighted by Crippen LogP contribution is -2.34. The van der Waals surface area contributed by atoms with Crippen molar-refractivity contribution >= 4 is 22.6 Å². The van der Waals surface area contributed by atoms with Crippen LogP contribution in [0.4, 0.5) is 18.9 Å². The molecule has 8 heteroatoms. The van der Waals surface area contributed by atoms with E-state index in [-0.39, 0.29) is 13.1 Å². The summed E-state index contributed by atoms with van der Waals surface area (Å²) in [4.78, 5) is 26.3. The summed E-state index contributed by atoms with van der Waals surface area (Å²) < 4.78 is 45.7. The minimum Gasteiger partial charge on any atom is -0.422 e. The van der Waals surface area contributed by atoms with E-state index < -0.39 is 34.7 Å². The van der Waals surface area contributed by atoms with E-state index in [4.69, 9.17) is 4.42 Å². The third kappa shape index (κ3) is 4.96. The van der Waals surface area contributed by atoms with Crippen molar-refractivity contribution in [2.45, 2.75) is 33.7 Å². The van der Waals surface area contributed by atoms with Gasteiger partial charge in [0.25, 0.3) is 0 Å². The smallest absolute Gasteiger partial charge is 0.336 e. The molecule has 0 fully saturated rings. The molecule has 0 unspecified atom stereocenters. The quantitative estimate of drug-likeness (QED) is 0.435. The highest BCUT2D eigenvalue weighted by Crippen LogP contribution is 2.24. The monoisotopic (exact) mass is 432 g/mol. The molecule has 0 spiro atoms. The summed E-state index contributed by atoms with van der Waals surface area (Å²) in [5.41, 5.74) is 2.15. The van der Waals surface area contributed by atoms with Crippen molar-refractivity contribution in [2.75, 3.05) is 18.4 Å². The highest BCUT2D eigenvalue weighted by atomic mass is 19.2. The molecule has 1 N–H and O–H groups in total. The van der Waals surface area contributed by atoms with Gasteiger partial charge in [-0.15, -0.1) is 0 Å². The van der Waals surface area contributed by atoms with Crippen LogP contribution in [-0.4, -0.2) is 23.9 Å². The summed E-state index contributed by atoms with van der Waals surface area (Å²) >= 11 is 0. The zero-order chi connectivity index (χ0) is 22.7.